The van der Waals surface area contributed by atoms with Gasteiger partial charge in [-0.15, -0.1) is 0 Å². The van der Waals surface area contributed by atoms with Gasteiger partial charge in [0.25, 0.3) is 0 Å². The van der Waals surface area contributed by atoms with Gasteiger partial charge in [0.05, 0.1) is 6.04 Å². The summed E-state index contributed by atoms with van der Waals surface area (Å²) in [5, 5.41) is 3.59. The van der Waals surface area contributed by atoms with Crippen LogP contribution in [-0.4, -0.2) is 60.5 Å². The zero-order valence-corrected chi connectivity index (χ0v) is 13.2. The molecule has 0 bridgehead atoms. The van der Waals surface area contributed by atoms with Gasteiger partial charge in [-0.05, 0) is 52.1 Å². The molecular formula is C16H31N3O. The molecule has 0 aromatic heterocycles. The third kappa shape index (κ3) is 4.19. The van der Waals surface area contributed by atoms with Crippen LogP contribution in [0.25, 0.3) is 0 Å². The molecule has 2 saturated heterocycles. The summed E-state index contributed by atoms with van der Waals surface area (Å²) in [7, 11) is 0. The molecule has 2 unspecified atom stereocenters. The molecular weight excluding hydrogens is 250 g/mol. The average molecular weight is 281 g/mol. The highest BCUT2D eigenvalue weighted by atomic mass is 16.2. The Morgan fingerprint density at radius 1 is 1.25 bits per heavy atom. The average Bonchev–Trinajstić information content (AvgIpc) is 2.53. The van der Waals surface area contributed by atoms with E-state index in [1.54, 1.807) is 0 Å². The van der Waals surface area contributed by atoms with Crippen LogP contribution in [-0.2, 0) is 4.79 Å². The van der Waals surface area contributed by atoms with E-state index in [-0.39, 0.29) is 6.04 Å². The summed E-state index contributed by atoms with van der Waals surface area (Å²) in [4.78, 5) is 17.0. The fourth-order valence-electron chi connectivity index (χ4n) is 3.46. The molecule has 20 heavy (non-hydrogen) atoms. The first-order valence-electron chi connectivity index (χ1n) is 8.48. The number of likely N-dealkylation sites (tertiary alicyclic amines) is 1. The van der Waals surface area contributed by atoms with E-state index in [0.29, 0.717) is 11.9 Å². The molecule has 4 nitrogen and oxygen atoms in total. The highest BCUT2D eigenvalue weighted by Crippen LogP contribution is 2.14. The molecule has 0 aromatic rings. The van der Waals surface area contributed by atoms with E-state index in [1.165, 1.54) is 38.5 Å². The number of nitrogens with zero attached hydrogens (tertiary/aromatic N) is 2. The first kappa shape index (κ1) is 15.8. The molecule has 1 amide bonds. The van der Waals surface area contributed by atoms with Crippen LogP contribution in [0.2, 0.25) is 0 Å². The van der Waals surface area contributed by atoms with Crippen LogP contribution in [0.3, 0.4) is 0 Å². The van der Waals surface area contributed by atoms with E-state index in [2.05, 4.69) is 29.0 Å². The van der Waals surface area contributed by atoms with E-state index in [0.717, 1.165) is 32.7 Å². The fourth-order valence-corrected chi connectivity index (χ4v) is 3.46. The Morgan fingerprint density at radius 2 is 2.00 bits per heavy atom. The lowest BCUT2D eigenvalue weighted by Gasteiger charge is -2.36. The van der Waals surface area contributed by atoms with Crippen LogP contribution in [0.4, 0.5) is 0 Å². The molecule has 0 aliphatic carbocycles. The molecule has 1 N–H and O–H groups in total. The summed E-state index contributed by atoms with van der Waals surface area (Å²) in [6.07, 6.45) is 7.50. The van der Waals surface area contributed by atoms with Crippen molar-refractivity contribution in [3.05, 3.63) is 0 Å². The lowest BCUT2D eigenvalue weighted by atomic mass is 10.0. The van der Waals surface area contributed by atoms with Crippen molar-refractivity contribution < 1.29 is 4.79 Å². The third-order valence-corrected chi connectivity index (χ3v) is 4.85. The van der Waals surface area contributed by atoms with Gasteiger partial charge in [-0.3, -0.25) is 9.69 Å². The summed E-state index contributed by atoms with van der Waals surface area (Å²) < 4.78 is 0. The molecule has 2 aliphatic heterocycles. The van der Waals surface area contributed by atoms with Gasteiger partial charge < -0.3 is 10.2 Å². The Bertz CT molecular complexity index is 296. The predicted octanol–water partition coefficient (Wildman–Crippen LogP) is 1.85. The van der Waals surface area contributed by atoms with Crippen molar-refractivity contribution in [2.24, 2.45) is 0 Å². The largest absolute Gasteiger partial charge is 0.341 e. The smallest absolute Gasteiger partial charge is 0.239 e. The van der Waals surface area contributed by atoms with E-state index < -0.39 is 0 Å². The van der Waals surface area contributed by atoms with Gasteiger partial charge in [-0.1, -0.05) is 13.3 Å². The molecule has 2 aliphatic rings. The first-order valence-corrected chi connectivity index (χ1v) is 8.48. The van der Waals surface area contributed by atoms with E-state index >= 15 is 0 Å². The van der Waals surface area contributed by atoms with E-state index in [9.17, 15) is 4.79 Å². The number of carbonyl (C=O) groups excluding carboxylic acids is 1. The second-order valence-electron chi connectivity index (χ2n) is 6.30. The van der Waals surface area contributed by atoms with Crippen molar-refractivity contribution in [2.45, 2.75) is 64.5 Å². The fraction of sp³-hybridized carbons (Fsp3) is 0.938. The minimum absolute atomic E-state index is 0.0295. The number of hydrogen-bond acceptors (Lipinski definition) is 3. The zero-order valence-electron chi connectivity index (χ0n) is 13.2. The predicted molar refractivity (Wildman–Crippen MR) is 82.8 cm³/mol. The molecule has 0 radical (unpaired) electrons. The lowest BCUT2D eigenvalue weighted by Crippen LogP contribution is -2.52. The van der Waals surface area contributed by atoms with Gasteiger partial charge in [-0.25, -0.2) is 0 Å². The van der Waals surface area contributed by atoms with Crippen LogP contribution >= 0.6 is 0 Å². The summed E-state index contributed by atoms with van der Waals surface area (Å²) in [5.74, 6) is 0.336. The number of piperidine rings is 2. The maximum Gasteiger partial charge on any atom is 0.239 e. The Balaban J connectivity index is 1.86. The van der Waals surface area contributed by atoms with Gasteiger partial charge in [-0.2, -0.15) is 0 Å². The second-order valence-corrected chi connectivity index (χ2v) is 6.30. The summed E-state index contributed by atoms with van der Waals surface area (Å²) in [5.41, 5.74) is 0. The Labute approximate surface area is 123 Å². The van der Waals surface area contributed by atoms with Crippen LogP contribution in [0, 0.1) is 0 Å². The Kier molecular flexibility index (Phi) is 6.30. The molecule has 0 saturated carbocycles. The Hall–Kier alpha value is -0.610. The van der Waals surface area contributed by atoms with Crippen LogP contribution in [0.5, 0.6) is 0 Å². The highest BCUT2D eigenvalue weighted by Gasteiger charge is 2.27. The summed E-state index contributed by atoms with van der Waals surface area (Å²) in [6.45, 7) is 9.28. The molecule has 0 spiro atoms. The molecule has 4 heteroatoms. The minimum Gasteiger partial charge on any atom is -0.341 e. The quantitative estimate of drug-likeness (QED) is 0.835. The molecule has 2 rings (SSSR count). The first-order chi connectivity index (χ1) is 9.72. The van der Waals surface area contributed by atoms with Crippen molar-refractivity contribution in [1.29, 1.82) is 0 Å². The summed E-state index contributed by atoms with van der Waals surface area (Å²) in [6, 6.07) is 0.599. The summed E-state index contributed by atoms with van der Waals surface area (Å²) >= 11 is 0. The second kappa shape index (κ2) is 7.99. The molecule has 116 valence electrons. The molecule has 2 heterocycles. The number of hydrogen-bond donors (Lipinski definition) is 1. The topological polar surface area (TPSA) is 35.6 Å². The maximum atomic E-state index is 12.6. The molecule has 2 atom stereocenters. The van der Waals surface area contributed by atoms with Crippen LogP contribution in [0.1, 0.15) is 52.4 Å². The van der Waals surface area contributed by atoms with Crippen molar-refractivity contribution in [2.75, 3.05) is 32.7 Å². The number of nitrogens with one attached hydrogen (secondary N) is 1. The van der Waals surface area contributed by atoms with Gasteiger partial charge in [0, 0.05) is 25.7 Å². The highest BCUT2D eigenvalue weighted by molar-refractivity contribution is 5.81. The number of amides is 1. The van der Waals surface area contributed by atoms with Gasteiger partial charge >= 0.3 is 0 Å². The number of rotatable bonds is 5. The van der Waals surface area contributed by atoms with Crippen molar-refractivity contribution in [3.8, 4) is 0 Å². The Morgan fingerprint density at radius 3 is 2.60 bits per heavy atom. The SMILES string of the molecule is CCN(CC1CCCCN1)C(C)C(=O)N1CCCCC1. The monoisotopic (exact) mass is 281 g/mol. The van der Waals surface area contributed by atoms with E-state index in [1.807, 2.05) is 0 Å². The van der Waals surface area contributed by atoms with Crippen molar-refractivity contribution >= 4 is 5.91 Å². The van der Waals surface area contributed by atoms with Crippen molar-refractivity contribution in [3.63, 3.8) is 0 Å². The third-order valence-electron chi connectivity index (χ3n) is 4.85. The maximum absolute atomic E-state index is 12.6. The minimum atomic E-state index is 0.0295. The standard InChI is InChI=1S/C16H31N3O/c1-3-18(13-15-9-5-6-10-17-15)14(2)16(20)19-11-7-4-8-12-19/h14-15,17H,3-13H2,1-2H3. The number of carbonyl (C=O) groups is 1. The van der Waals surface area contributed by atoms with Crippen LogP contribution < -0.4 is 5.32 Å². The molecule has 2 fully saturated rings. The number of likely N-dealkylation sites (N-methyl/N-ethyl adjacent to an activating group) is 1. The van der Waals surface area contributed by atoms with Crippen molar-refractivity contribution in [1.82, 2.24) is 15.1 Å². The van der Waals surface area contributed by atoms with Crippen LogP contribution in [0.15, 0.2) is 0 Å². The van der Waals surface area contributed by atoms with Gasteiger partial charge in [0.15, 0.2) is 0 Å². The lowest BCUT2D eigenvalue weighted by molar-refractivity contribution is -0.137. The van der Waals surface area contributed by atoms with Gasteiger partial charge in [0.2, 0.25) is 5.91 Å². The van der Waals surface area contributed by atoms with E-state index in [4.69, 9.17) is 0 Å². The normalized spacial score (nSPS) is 25.8. The zero-order chi connectivity index (χ0) is 14.4. The van der Waals surface area contributed by atoms with Gasteiger partial charge in [0.1, 0.15) is 0 Å². The molecule has 0 aromatic carbocycles.